The molecule has 0 fully saturated rings. The van der Waals surface area contributed by atoms with Crippen LogP contribution >= 0.6 is 11.8 Å². The summed E-state index contributed by atoms with van der Waals surface area (Å²) in [4.78, 5) is 0. The number of aromatic nitrogens is 4. The van der Waals surface area contributed by atoms with Crippen LogP contribution in [0.2, 0.25) is 0 Å². The molecule has 1 aromatic carbocycles. The highest BCUT2D eigenvalue weighted by molar-refractivity contribution is 7.99. The minimum absolute atomic E-state index is 0.342. The predicted octanol–water partition coefficient (Wildman–Crippen LogP) is 2.62. The molecular weight excluding hydrogens is 258 g/mol. The molecule has 1 aromatic heterocycles. The summed E-state index contributed by atoms with van der Waals surface area (Å²) in [7, 11) is 0. The maximum Gasteiger partial charge on any atom is 0.215 e. The molecular formula is C13H15N5S. The summed E-state index contributed by atoms with van der Waals surface area (Å²) in [5.41, 5.74) is 2.25. The van der Waals surface area contributed by atoms with Crippen LogP contribution in [0, 0.1) is 11.3 Å². The maximum atomic E-state index is 8.60. The van der Waals surface area contributed by atoms with Crippen LogP contribution in [0.3, 0.4) is 0 Å². The van der Waals surface area contributed by atoms with E-state index < -0.39 is 0 Å². The number of unbranched alkanes of at least 4 members (excludes halogenated alkanes) is 1. The lowest BCUT2D eigenvalue weighted by atomic mass is 10.1. The summed E-state index contributed by atoms with van der Waals surface area (Å²) in [6.07, 6.45) is 3.50. The number of nitriles is 1. The summed E-state index contributed by atoms with van der Waals surface area (Å²) in [5, 5.41) is 20.8. The standard InChI is InChI=1S/C13H15N5S/c1-2-3-4-11-5-7-12(8-6-11)18-13(15-16-17-18)19-10-9-14/h5-8H,2-4,10H2,1H3. The third-order valence-electron chi connectivity index (χ3n) is 2.71. The van der Waals surface area contributed by atoms with Crippen molar-refractivity contribution in [2.24, 2.45) is 0 Å². The van der Waals surface area contributed by atoms with Crippen molar-refractivity contribution in [3.05, 3.63) is 29.8 Å². The van der Waals surface area contributed by atoms with Crippen molar-refractivity contribution in [3.8, 4) is 11.8 Å². The van der Waals surface area contributed by atoms with Gasteiger partial charge >= 0.3 is 0 Å². The second-order valence-corrected chi connectivity index (χ2v) is 5.03. The third kappa shape index (κ3) is 3.55. The quantitative estimate of drug-likeness (QED) is 0.757. The Kier molecular flexibility index (Phi) is 4.93. The van der Waals surface area contributed by atoms with Gasteiger partial charge < -0.3 is 0 Å². The van der Waals surface area contributed by atoms with Gasteiger partial charge in [0.1, 0.15) is 0 Å². The summed E-state index contributed by atoms with van der Waals surface area (Å²) >= 11 is 1.33. The summed E-state index contributed by atoms with van der Waals surface area (Å²) in [6.45, 7) is 2.19. The van der Waals surface area contributed by atoms with Crippen LogP contribution in [-0.4, -0.2) is 26.0 Å². The van der Waals surface area contributed by atoms with Crippen LogP contribution in [0.15, 0.2) is 29.4 Å². The van der Waals surface area contributed by atoms with Gasteiger partial charge in [0.15, 0.2) is 0 Å². The number of nitrogens with zero attached hydrogens (tertiary/aromatic N) is 5. The van der Waals surface area contributed by atoms with Gasteiger partial charge in [-0.05, 0) is 41.0 Å². The zero-order valence-corrected chi connectivity index (χ0v) is 11.6. The molecule has 0 saturated heterocycles. The second kappa shape index (κ2) is 6.90. The van der Waals surface area contributed by atoms with Gasteiger partial charge in [0, 0.05) is 0 Å². The first-order chi connectivity index (χ1) is 9.35. The van der Waals surface area contributed by atoms with Gasteiger partial charge in [-0.15, -0.1) is 5.10 Å². The Hall–Kier alpha value is -1.87. The van der Waals surface area contributed by atoms with Crippen molar-refractivity contribution in [2.75, 3.05) is 5.75 Å². The topological polar surface area (TPSA) is 67.4 Å². The van der Waals surface area contributed by atoms with Gasteiger partial charge in [-0.25, -0.2) is 0 Å². The van der Waals surface area contributed by atoms with Crippen LogP contribution in [0.5, 0.6) is 0 Å². The fourth-order valence-electron chi connectivity index (χ4n) is 1.71. The van der Waals surface area contributed by atoms with Crippen LogP contribution in [0.4, 0.5) is 0 Å². The summed E-state index contributed by atoms with van der Waals surface area (Å²) in [5.74, 6) is 0.342. The van der Waals surface area contributed by atoms with Crippen LogP contribution < -0.4 is 0 Å². The van der Waals surface area contributed by atoms with E-state index in [1.807, 2.05) is 12.1 Å². The van der Waals surface area contributed by atoms with Crippen molar-refractivity contribution < 1.29 is 0 Å². The number of benzene rings is 1. The van der Waals surface area contributed by atoms with Crippen LogP contribution in [-0.2, 0) is 6.42 Å². The van der Waals surface area contributed by atoms with Crippen molar-refractivity contribution in [3.63, 3.8) is 0 Å². The summed E-state index contributed by atoms with van der Waals surface area (Å²) in [6, 6.07) is 10.3. The molecule has 0 aliphatic heterocycles. The number of rotatable bonds is 6. The van der Waals surface area contributed by atoms with Crippen LogP contribution in [0.25, 0.3) is 5.69 Å². The first-order valence-electron chi connectivity index (χ1n) is 6.22. The highest BCUT2D eigenvalue weighted by Crippen LogP contribution is 2.18. The molecule has 0 aliphatic carbocycles. The Morgan fingerprint density at radius 1 is 1.32 bits per heavy atom. The Balaban J connectivity index is 2.13. The van der Waals surface area contributed by atoms with E-state index in [-0.39, 0.29) is 0 Å². The lowest BCUT2D eigenvalue weighted by Gasteiger charge is -2.04. The minimum Gasteiger partial charge on any atom is -0.197 e. The molecule has 0 atom stereocenters. The minimum atomic E-state index is 0.342. The van der Waals surface area contributed by atoms with E-state index in [2.05, 4.69) is 40.7 Å². The van der Waals surface area contributed by atoms with Crippen molar-refractivity contribution in [1.82, 2.24) is 20.2 Å². The molecule has 0 spiro atoms. The molecule has 0 radical (unpaired) electrons. The fraction of sp³-hybridized carbons (Fsp3) is 0.385. The second-order valence-electron chi connectivity index (χ2n) is 4.09. The lowest BCUT2D eigenvalue weighted by Crippen LogP contribution is -1.99. The van der Waals surface area contributed by atoms with Gasteiger partial charge in [-0.2, -0.15) is 9.94 Å². The molecule has 6 heteroatoms. The largest absolute Gasteiger partial charge is 0.215 e. The van der Waals surface area contributed by atoms with Gasteiger partial charge in [0.2, 0.25) is 5.16 Å². The molecule has 0 amide bonds. The van der Waals surface area contributed by atoms with Gasteiger partial charge in [0.05, 0.1) is 17.5 Å². The van der Waals surface area contributed by atoms with Crippen molar-refractivity contribution >= 4 is 11.8 Å². The Morgan fingerprint density at radius 3 is 2.79 bits per heavy atom. The van der Waals surface area contributed by atoms with E-state index in [0.717, 1.165) is 12.1 Å². The molecule has 5 nitrogen and oxygen atoms in total. The number of thioether (sulfide) groups is 1. The van der Waals surface area contributed by atoms with Crippen LogP contribution in [0.1, 0.15) is 25.3 Å². The van der Waals surface area contributed by atoms with Crippen molar-refractivity contribution in [2.45, 2.75) is 31.3 Å². The number of tetrazole rings is 1. The number of hydrogen-bond acceptors (Lipinski definition) is 5. The monoisotopic (exact) mass is 273 g/mol. The average molecular weight is 273 g/mol. The van der Waals surface area contributed by atoms with Gasteiger partial charge in [-0.3, -0.25) is 0 Å². The smallest absolute Gasteiger partial charge is 0.197 e. The first kappa shape index (κ1) is 13.6. The van der Waals surface area contributed by atoms with E-state index in [9.17, 15) is 0 Å². The Labute approximate surface area is 116 Å². The Morgan fingerprint density at radius 2 is 2.11 bits per heavy atom. The van der Waals surface area contributed by atoms with Gasteiger partial charge in [0.25, 0.3) is 0 Å². The number of aryl methyl sites for hydroxylation is 1. The molecule has 0 unspecified atom stereocenters. The van der Waals surface area contributed by atoms with E-state index in [1.54, 1.807) is 4.68 Å². The highest BCUT2D eigenvalue weighted by atomic mass is 32.2. The molecule has 2 aromatic rings. The molecule has 98 valence electrons. The molecule has 0 N–H and O–H groups in total. The highest BCUT2D eigenvalue weighted by Gasteiger charge is 2.08. The normalized spacial score (nSPS) is 10.3. The van der Waals surface area contributed by atoms with E-state index in [0.29, 0.717) is 10.9 Å². The Bertz CT molecular complexity index is 555. The third-order valence-corrected chi connectivity index (χ3v) is 3.49. The zero-order valence-electron chi connectivity index (χ0n) is 10.8. The molecule has 19 heavy (non-hydrogen) atoms. The predicted molar refractivity (Wildman–Crippen MR) is 74.1 cm³/mol. The molecule has 1 heterocycles. The molecule has 0 saturated carbocycles. The molecule has 2 rings (SSSR count). The zero-order chi connectivity index (χ0) is 13.5. The molecule has 0 bridgehead atoms. The molecule has 0 aliphatic rings. The van der Waals surface area contributed by atoms with E-state index in [4.69, 9.17) is 5.26 Å². The number of hydrogen-bond donors (Lipinski definition) is 0. The van der Waals surface area contributed by atoms with Crippen molar-refractivity contribution in [1.29, 1.82) is 5.26 Å². The first-order valence-corrected chi connectivity index (χ1v) is 7.21. The van der Waals surface area contributed by atoms with E-state index in [1.165, 1.54) is 30.2 Å². The maximum absolute atomic E-state index is 8.60. The van der Waals surface area contributed by atoms with Gasteiger partial charge in [-0.1, -0.05) is 37.2 Å². The fourth-order valence-corrected chi connectivity index (χ4v) is 2.26. The average Bonchev–Trinajstić information content (AvgIpc) is 2.92. The van der Waals surface area contributed by atoms with E-state index >= 15 is 0 Å². The SMILES string of the molecule is CCCCc1ccc(-n2nnnc2SCC#N)cc1. The lowest BCUT2D eigenvalue weighted by molar-refractivity contribution is 0.754. The summed E-state index contributed by atoms with van der Waals surface area (Å²) < 4.78 is 1.66.